The molecule has 0 saturated heterocycles. The van der Waals surface area contributed by atoms with Gasteiger partial charge in [0.15, 0.2) is 5.75 Å². The van der Waals surface area contributed by atoms with Gasteiger partial charge >= 0.3 is 6.18 Å². The number of amides is 1. The molecule has 1 amide bonds. The largest absolute Gasteiger partial charge is 0.491 e. The van der Waals surface area contributed by atoms with E-state index >= 15 is 13.2 Å². The molecule has 10 nitrogen and oxygen atoms in total. The average Bonchev–Trinajstić information content (AvgIpc) is 3.00. The fourth-order valence-corrected chi connectivity index (χ4v) is 6.96. The molecule has 1 N–H and O–H groups in total. The third kappa shape index (κ3) is 8.35. The molecule has 1 aliphatic heterocycles. The summed E-state index contributed by atoms with van der Waals surface area (Å²) in [6.45, 7) is 12.3. The summed E-state index contributed by atoms with van der Waals surface area (Å²) in [5.74, 6) is -0.924. The van der Waals surface area contributed by atoms with Gasteiger partial charge in [-0.05, 0) is 68.9 Å². The van der Waals surface area contributed by atoms with E-state index in [-0.39, 0.29) is 46.9 Å². The van der Waals surface area contributed by atoms with Gasteiger partial charge in [0.25, 0.3) is 15.9 Å². The van der Waals surface area contributed by atoms with Crippen LogP contribution in [0, 0.1) is 19.3 Å². The van der Waals surface area contributed by atoms with E-state index in [0.717, 1.165) is 6.07 Å². The number of nitrogens with one attached hydrogen (secondary N) is 1. The Kier molecular flexibility index (Phi) is 10.2. The van der Waals surface area contributed by atoms with E-state index in [2.05, 4.69) is 19.7 Å². The highest BCUT2D eigenvalue weighted by Gasteiger charge is 2.41. The molecule has 4 bridgehead atoms. The molecular weight excluding hydrogens is 671 g/mol. The number of halogens is 3. The Morgan fingerprint density at radius 3 is 2.26 bits per heavy atom. The van der Waals surface area contributed by atoms with E-state index in [1.807, 2.05) is 34.6 Å². The van der Waals surface area contributed by atoms with Crippen LogP contribution in [-0.2, 0) is 22.7 Å². The molecule has 3 heterocycles. The lowest BCUT2D eigenvalue weighted by Gasteiger charge is -2.35. The molecule has 0 fully saturated rings. The van der Waals surface area contributed by atoms with Crippen molar-refractivity contribution in [1.82, 2.24) is 19.9 Å². The van der Waals surface area contributed by atoms with Crippen LogP contribution in [0.1, 0.15) is 73.9 Å². The summed E-state index contributed by atoms with van der Waals surface area (Å²) in [6, 6.07) is 10.6. The molecule has 14 heteroatoms. The van der Waals surface area contributed by atoms with Crippen molar-refractivity contribution in [3.63, 3.8) is 0 Å². The maximum atomic E-state index is 15.1. The molecule has 1 atom stereocenters. The highest BCUT2D eigenvalue weighted by molar-refractivity contribution is 7.92. The van der Waals surface area contributed by atoms with Crippen molar-refractivity contribution < 1.29 is 35.9 Å². The number of hydrogen-bond acceptors (Lipinski definition) is 8. The highest BCUT2D eigenvalue weighted by Crippen LogP contribution is 2.45. The molecule has 0 spiro atoms. The Labute approximate surface area is 290 Å². The van der Waals surface area contributed by atoms with E-state index in [4.69, 9.17) is 9.47 Å². The number of ether oxygens (including phenoxy) is 2. The van der Waals surface area contributed by atoms with Gasteiger partial charge in [-0.25, -0.2) is 23.4 Å². The van der Waals surface area contributed by atoms with Crippen LogP contribution in [0.3, 0.4) is 0 Å². The number of fused-ring (bicyclic) bond motifs is 4. The van der Waals surface area contributed by atoms with Crippen molar-refractivity contribution >= 4 is 21.7 Å². The fraction of sp³-hybridized carbons (Fsp3) is 0.389. The van der Waals surface area contributed by atoms with Crippen LogP contribution in [0.5, 0.6) is 11.5 Å². The number of hydrogen-bond donors (Lipinski definition) is 1. The van der Waals surface area contributed by atoms with Crippen LogP contribution in [-0.4, -0.2) is 52.9 Å². The van der Waals surface area contributed by atoms with Crippen molar-refractivity contribution in [2.75, 3.05) is 11.3 Å². The predicted molar refractivity (Wildman–Crippen MR) is 182 cm³/mol. The van der Waals surface area contributed by atoms with Gasteiger partial charge in [-0.3, -0.25) is 9.52 Å². The first-order valence-corrected chi connectivity index (χ1v) is 17.5. The number of pyridine rings is 1. The number of anilines is 1. The van der Waals surface area contributed by atoms with Crippen LogP contribution in [0.15, 0.2) is 65.8 Å². The van der Waals surface area contributed by atoms with E-state index in [1.54, 1.807) is 32.0 Å². The Hall–Kier alpha value is -4.72. The van der Waals surface area contributed by atoms with Crippen LogP contribution in [0.25, 0.3) is 11.3 Å². The number of sulfonamides is 1. The fourth-order valence-electron chi connectivity index (χ4n) is 5.92. The number of nitrogens with zero attached hydrogens (tertiary/aromatic N) is 4. The van der Waals surface area contributed by atoms with Crippen molar-refractivity contribution in [1.29, 1.82) is 0 Å². The van der Waals surface area contributed by atoms with Crippen LogP contribution >= 0.6 is 0 Å². The van der Waals surface area contributed by atoms with E-state index in [0.29, 0.717) is 23.3 Å². The topological polar surface area (TPSA) is 124 Å². The number of rotatable bonds is 6. The third-order valence-electron chi connectivity index (χ3n) is 7.96. The summed E-state index contributed by atoms with van der Waals surface area (Å²) in [7, 11) is -4.44. The lowest BCUT2D eigenvalue weighted by Crippen LogP contribution is -2.45. The Morgan fingerprint density at radius 1 is 1.02 bits per heavy atom. The molecule has 2 aromatic heterocycles. The van der Waals surface area contributed by atoms with E-state index in [1.165, 1.54) is 41.6 Å². The predicted octanol–water partition coefficient (Wildman–Crippen LogP) is 7.60. The number of alkyl halides is 3. The van der Waals surface area contributed by atoms with Crippen LogP contribution < -0.4 is 14.2 Å². The van der Waals surface area contributed by atoms with Crippen molar-refractivity contribution in [2.24, 2.45) is 5.41 Å². The molecule has 0 radical (unpaired) electrons. The molecule has 266 valence electrons. The first-order chi connectivity index (χ1) is 23.3. The zero-order valence-electron chi connectivity index (χ0n) is 28.9. The Bertz CT molecular complexity index is 1970. The number of carbonyl (C=O) groups excluding carboxylic acids is 1. The summed E-state index contributed by atoms with van der Waals surface area (Å²) in [5.41, 5.74) is -0.824. The van der Waals surface area contributed by atoms with Gasteiger partial charge in [0.05, 0.1) is 41.7 Å². The van der Waals surface area contributed by atoms with Crippen molar-refractivity contribution in [3.05, 3.63) is 89.0 Å². The SMILES string of the molecule is Cc1cccc(C)c1-c1nc2cc(c1C(F)(F)F)OC[C@@H](CC(C)(C)C)N(Cc1ncc(OC(C)C)cn1)C(=O)c1cccc(c1)S(=O)(=O)N2. The molecule has 1 aliphatic rings. The lowest BCUT2D eigenvalue weighted by atomic mass is 9.87. The van der Waals surface area contributed by atoms with Crippen molar-refractivity contribution in [3.8, 4) is 22.8 Å². The van der Waals surface area contributed by atoms with Gasteiger partial charge in [0.2, 0.25) is 0 Å². The molecule has 50 heavy (non-hydrogen) atoms. The molecule has 0 unspecified atom stereocenters. The minimum absolute atomic E-state index is 0.0395. The first-order valence-electron chi connectivity index (χ1n) is 16.1. The number of aryl methyl sites for hydroxylation is 2. The van der Waals surface area contributed by atoms with Gasteiger partial charge in [-0.2, -0.15) is 13.2 Å². The van der Waals surface area contributed by atoms with Crippen LogP contribution in [0.2, 0.25) is 0 Å². The summed E-state index contributed by atoms with van der Waals surface area (Å²) in [5, 5.41) is 0. The van der Waals surface area contributed by atoms with Crippen LogP contribution in [0.4, 0.5) is 19.0 Å². The summed E-state index contributed by atoms with van der Waals surface area (Å²) in [4.78, 5) is 28.5. The summed E-state index contributed by atoms with van der Waals surface area (Å²) < 4.78 is 86.7. The minimum atomic E-state index is -4.95. The number of aromatic nitrogens is 3. The molecule has 4 aromatic rings. The molecule has 5 rings (SSSR count). The van der Waals surface area contributed by atoms with Crippen molar-refractivity contribution in [2.45, 2.75) is 84.6 Å². The quantitative estimate of drug-likeness (QED) is 0.217. The maximum absolute atomic E-state index is 15.1. The van der Waals surface area contributed by atoms with Gasteiger partial charge in [0, 0.05) is 17.2 Å². The molecular formula is C36H40F3N5O5S. The zero-order valence-corrected chi connectivity index (χ0v) is 29.7. The zero-order chi connectivity index (χ0) is 36.6. The van der Waals surface area contributed by atoms with Gasteiger partial charge in [-0.1, -0.05) is 45.0 Å². The summed E-state index contributed by atoms with van der Waals surface area (Å²) in [6.07, 6.45) is -1.82. The molecule has 2 aromatic carbocycles. The third-order valence-corrected chi connectivity index (χ3v) is 9.31. The maximum Gasteiger partial charge on any atom is 0.422 e. The van der Waals surface area contributed by atoms with Gasteiger partial charge in [-0.15, -0.1) is 0 Å². The number of benzene rings is 2. The van der Waals surface area contributed by atoms with Gasteiger partial charge in [0.1, 0.15) is 29.6 Å². The molecule has 0 aliphatic carbocycles. The second-order valence-electron chi connectivity index (χ2n) is 13.8. The standard InChI is InChI=1S/C36H40F3N5O5S/c1-21(2)49-26-17-40-30(41-18-26)19-44-25(16-35(5,6)7)20-48-28-15-29(43-50(46,47)27-13-9-12-24(14-27)34(44)45)42-33(32(28)36(37,38)39)31-22(3)10-8-11-23(31)4/h8-15,17-18,21,25H,16,19-20H2,1-7H3,(H,42,43)/t25-/m1/s1. The Morgan fingerprint density at radius 2 is 1.66 bits per heavy atom. The average molecular weight is 712 g/mol. The smallest absolute Gasteiger partial charge is 0.422 e. The normalized spacial score (nSPS) is 16.5. The minimum Gasteiger partial charge on any atom is -0.491 e. The monoisotopic (exact) mass is 711 g/mol. The second-order valence-corrected chi connectivity index (χ2v) is 15.5. The lowest BCUT2D eigenvalue weighted by molar-refractivity contribution is -0.138. The molecule has 0 saturated carbocycles. The highest BCUT2D eigenvalue weighted by atomic mass is 32.2. The van der Waals surface area contributed by atoms with Gasteiger partial charge < -0.3 is 14.4 Å². The van der Waals surface area contributed by atoms with E-state index < -0.39 is 50.6 Å². The number of carbonyl (C=O) groups is 1. The summed E-state index contributed by atoms with van der Waals surface area (Å²) >= 11 is 0. The van der Waals surface area contributed by atoms with E-state index in [9.17, 15) is 13.2 Å². The second kappa shape index (κ2) is 13.9. The Balaban J connectivity index is 1.73. The first kappa shape index (κ1) is 36.6.